The minimum Gasteiger partial charge on any atom is -0.389 e. The zero-order valence-corrected chi connectivity index (χ0v) is 12.4. The summed E-state index contributed by atoms with van der Waals surface area (Å²) in [6.45, 7) is 9.71. The maximum absolute atomic E-state index is 12.4. The lowest BCUT2D eigenvalue weighted by molar-refractivity contribution is -0.937. The van der Waals surface area contributed by atoms with Crippen molar-refractivity contribution in [1.82, 2.24) is 0 Å². The van der Waals surface area contributed by atoms with Crippen molar-refractivity contribution in [3.05, 3.63) is 0 Å². The number of hydrogen-bond donors (Lipinski definition) is 2. The molecule has 0 amide bonds. The van der Waals surface area contributed by atoms with Crippen LogP contribution in [0.3, 0.4) is 0 Å². The number of quaternary nitrogens is 1. The molecule has 2 rings (SSSR count). The quantitative estimate of drug-likeness (QED) is 0.653. The highest BCUT2D eigenvalue weighted by Crippen LogP contribution is 2.43. The third-order valence-corrected chi connectivity index (χ3v) is 7.63. The number of aliphatic hydroxyl groups is 1. The first kappa shape index (κ1) is 14.2. The summed E-state index contributed by atoms with van der Waals surface area (Å²) in [5, 5.41) is 9.51. The second-order valence-corrected chi connectivity index (χ2v) is 9.12. The fourth-order valence-electron chi connectivity index (χ4n) is 3.41. The molecule has 0 aromatic rings. The Morgan fingerprint density at radius 2 is 1.78 bits per heavy atom. The Bertz CT molecular complexity index is 418. The van der Waals surface area contributed by atoms with Gasteiger partial charge < -0.3 is 14.7 Å². The molecule has 0 aliphatic carbocycles. The Labute approximate surface area is 109 Å². The molecule has 2 atom stereocenters. The summed E-state index contributed by atoms with van der Waals surface area (Å²) in [7, 11) is -3.27. The Morgan fingerprint density at radius 1 is 1.28 bits per heavy atom. The van der Waals surface area contributed by atoms with E-state index in [1.165, 1.54) is 4.90 Å². The Kier molecular flexibility index (Phi) is 3.29. The summed E-state index contributed by atoms with van der Waals surface area (Å²) < 4.78 is 29.3. The monoisotopic (exact) mass is 278 g/mol. The van der Waals surface area contributed by atoms with Crippen LogP contribution in [0, 0.1) is 0 Å². The molecule has 0 spiro atoms. The van der Waals surface area contributed by atoms with Crippen molar-refractivity contribution in [2.75, 3.05) is 26.3 Å². The zero-order valence-electron chi connectivity index (χ0n) is 11.6. The van der Waals surface area contributed by atoms with Gasteiger partial charge in [0.05, 0.1) is 18.8 Å². The van der Waals surface area contributed by atoms with Crippen LogP contribution in [0.25, 0.3) is 0 Å². The van der Waals surface area contributed by atoms with E-state index in [1.807, 2.05) is 0 Å². The summed E-state index contributed by atoms with van der Waals surface area (Å²) in [4.78, 5) is 1.24. The summed E-state index contributed by atoms with van der Waals surface area (Å²) in [6, 6.07) is -0.0496. The van der Waals surface area contributed by atoms with E-state index in [1.54, 1.807) is 27.7 Å². The first-order valence-corrected chi connectivity index (χ1v) is 8.03. The highest BCUT2D eigenvalue weighted by atomic mass is 32.2. The van der Waals surface area contributed by atoms with Crippen LogP contribution >= 0.6 is 0 Å². The minimum atomic E-state index is -3.27. The van der Waals surface area contributed by atoms with Gasteiger partial charge in [-0.3, -0.25) is 0 Å². The second kappa shape index (κ2) is 4.16. The second-order valence-electron chi connectivity index (χ2n) is 6.47. The van der Waals surface area contributed by atoms with Gasteiger partial charge in [0.15, 0.2) is 9.84 Å². The van der Waals surface area contributed by atoms with E-state index < -0.39 is 25.4 Å². The summed E-state index contributed by atoms with van der Waals surface area (Å²) in [5.41, 5.74) is -1.19. The van der Waals surface area contributed by atoms with Crippen molar-refractivity contribution in [2.24, 2.45) is 0 Å². The predicted octanol–water partition coefficient (Wildman–Crippen LogP) is -1.38. The first-order valence-electron chi connectivity index (χ1n) is 6.48. The van der Waals surface area contributed by atoms with Crippen LogP contribution in [0.15, 0.2) is 0 Å². The van der Waals surface area contributed by atoms with Crippen molar-refractivity contribution in [1.29, 1.82) is 0 Å². The minimum absolute atomic E-state index is 0.0496. The number of nitrogens with one attached hydrogen (secondary N) is 1. The number of ether oxygens (including phenoxy) is 1. The highest BCUT2D eigenvalue weighted by Gasteiger charge is 2.70. The first-order chi connectivity index (χ1) is 8.10. The van der Waals surface area contributed by atoms with Crippen LogP contribution < -0.4 is 4.90 Å². The van der Waals surface area contributed by atoms with Crippen LogP contribution in [0.4, 0.5) is 0 Å². The van der Waals surface area contributed by atoms with Crippen molar-refractivity contribution >= 4 is 9.84 Å². The van der Waals surface area contributed by atoms with Crippen LogP contribution in [0.5, 0.6) is 0 Å². The molecule has 0 saturated carbocycles. The molecule has 106 valence electrons. The molecule has 18 heavy (non-hydrogen) atoms. The normalized spacial score (nSPS) is 36.1. The van der Waals surface area contributed by atoms with E-state index in [4.69, 9.17) is 4.74 Å². The molecule has 6 heteroatoms. The van der Waals surface area contributed by atoms with Crippen LogP contribution in [0.1, 0.15) is 27.7 Å². The summed E-state index contributed by atoms with van der Waals surface area (Å²) in [5.74, 6) is 0. The molecule has 0 unspecified atom stereocenters. The molecule has 2 N–H and O–H groups in total. The van der Waals surface area contributed by atoms with Crippen molar-refractivity contribution < 1.29 is 23.2 Å². The molecule has 2 aliphatic rings. The molecule has 2 heterocycles. The van der Waals surface area contributed by atoms with Gasteiger partial charge in [0.1, 0.15) is 29.1 Å². The van der Waals surface area contributed by atoms with E-state index >= 15 is 0 Å². The summed E-state index contributed by atoms with van der Waals surface area (Å²) in [6.07, 6.45) is 0. The van der Waals surface area contributed by atoms with Crippen molar-refractivity contribution in [3.63, 3.8) is 0 Å². The molecule has 5 nitrogen and oxygen atoms in total. The molecule has 0 bridgehead atoms. The van der Waals surface area contributed by atoms with Gasteiger partial charge in [0.25, 0.3) is 0 Å². The van der Waals surface area contributed by atoms with Gasteiger partial charge in [-0.2, -0.15) is 0 Å². The van der Waals surface area contributed by atoms with E-state index in [2.05, 4.69) is 0 Å². The number of morpholine rings is 1. The van der Waals surface area contributed by atoms with Crippen LogP contribution in [0.2, 0.25) is 0 Å². The molecule has 0 aromatic carbocycles. The molecular weight excluding hydrogens is 254 g/mol. The van der Waals surface area contributed by atoms with Crippen molar-refractivity contribution in [2.45, 2.75) is 49.3 Å². The van der Waals surface area contributed by atoms with E-state index in [9.17, 15) is 13.5 Å². The number of rotatable bonds is 2. The highest BCUT2D eigenvalue weighted by molar-refractivity contribution is 7.95. The van der Waals surface area contributed by atoms with E-state index in [-0.39, 0.29) is 6.04 Å². The standard InChI is InChI=1S/C12H23NO4S/c1-11(2,14)10-9(12(3,4)18(10,15)16)13-5-7-17-8-6-13/h9-10,14H,5-8H2,1-4H3/p+1/t9-,10+/m1/s1. The van der Waals surface area contributed by atoms with Crippen LogP contribution in [-0.2, 0) is 14.6 Å². The maximum atomic E-state index is 12.4. The maximum Gasteiger partial charge on any atom is 0.172 e. The van der Waals surface area contributed by atoms with Crippen LogP contribution in [-0.4, -0.2) is 61.5 Å². The number of sulfone groups is 1. The zero-order chi connectivity index (χ0) is 13.8. The lowest BCUT2D eigenvalue weighted by Crippen LogP contribution is -3.23. The lowest BCUT2D eigenvalue weighted by atomic mass is 9.87. The van der Waals surface area contributed by atoms with Gasteiger partial charge in [-0.05, 0) is 27.7 Å². The predicted molar refractivity (Wildman–Crippen MR) is 68.4 cm³/mol. The molecule has 0 aromatic heterocycles. The largest absolute Gasteiger partial charge is 0.389 e. The third kappa shape index (κ3) is 1.90. The molecule has 0 radical (unpaired) electrons. The fraction of sp³-hybridized carbons (Fsp3) is 1.00. The van der Waals surface area contributed by atoms with Gasteiger partial charge in [0.2, 0.25) is 0 Å². The van der Waals surface area contributed by atoms with Gasteiger partial charge in [-0.25, -0.2) is 8.42 Å². The molecule has 2 saturated heterocycles. The Balaban J connectivity index is 2.32. The molecule has 2 fully saturated rings. The molecular formula is C12H24NO4S+. The van der Waals surface area contributed by atoms with E-state index in [0.29, 0.717) is 13.2 Å². The summed E-state index contributed by atoms with van der Waals surface area (Å²) >= 11 is 0. The average molecular weight is 278 g/mol. The van der Waals surface area contributed by atoms with Crippen molar-refractivity contribution in [3.8, 4) is 0 Å². The Hall–Kier alpha value is -0.170. The van der Waals surface area contributed by atoms with Gasteiger partial charge >= 0.3 is 0 Å². The average Bonchev–Trinajstić information content (AvgIpc) is 2.24. The SMILES string of the molecule is CC(C)(O)[C@@H]1[C@@H]([NH+]2CCOCC2)C(C)(C)S1(=O)=O. The fourth-order valence-corrected chi connectivity index (χ4v) is 6.15. The Morgan fingerprint density at radius 3 is 2.22 bits per heavy atom. The van der Waals surface area contributed by atoms with Gasteiger partial charge in [-0.1, -0.05) is 0 Å². The third-order valence-electron chi connectivity index (χ3n) is 4.39. The van der Waals surface area contributed by atoms with E-state index in [0.717, 1.165) is 13.1 Å². The molecule has 2 aliphatic heterocycles. The van der Waals surface area contributed by atoms with Gasteiger partial charge in [-0.15, -0.1) is 0 Å². The van der Waals surface area contributed by atoms with Gasteiger partial charge in [0, 0.05) is 0 Å². The number of hydrogen-bond acceptors (Lipinski definition) is 4. The topological polar surface area (TPSA) is 68.0 Å². The smallest absolute Gasteiger partial charge is 0.172 e. The lowest BCUT2D eigenvalue weighted by Gasteiger charge is -2.55.